The molecule has 0 radical (unpaired) electrons. The number of para-hydroxylation sites is 1. The summed E-state index contributed by atoms with van der Waals surface area (Å²) in [4.78, 5) is 17.0. The van der Waals surface area contributed by atoms with Crippen LogP contribution in [0.2, 0.25) is 0 Å². The molecule has 3 aromatic heterocycles. The van der Waals surface area contributed by atoms with Gasteiger partial charge in [-0.25, -0.2) is 4.98 Å². The maximum atomic E-state index is 11.5. The van der Waals surface area contributed by atoms with Crippen LogP contribution in [0.15, 0.2) is 70.0 Å². The van der Waals surface area contributed by atoms with Gasteiger partial charge in [-0.15, -0.1) is 11.3 Å². The van der Waals surface area contributed by atoms with Gasteiger partial charge in [0.1, 0.15) is 11.2 Å². The molecule has 0 aliphatic carbocycles. The van der Waals surface area contributed by atoms with Crippen LogP contribution in [-0.2, 0) is 0 Å². The number of hydrogen-bond donors (Lipinski definition) is 1. The molecule has 5 rings (SSSR count). The van der Waals surface area contributed by atoms with Crippen molar-refractivity contribution >= 4 is 56.9 Å². The van der Waals surface area contributed by atoms with E-state index in [0.29, 0.717) is 15.3 Å². The van der Waals surface area contributed by atoms with Crippen LogP contribution in [0, 0.1) is 14.9 Å². The van der Waals surface area contributed by atoms with Crippen LogP contribution in [0.3, 0.4) is 0 Å². The normalized spacial score (nSPS) is 11.3. The topological polar surface area (TPSA) is 89.1 Å². The average molecular weight is 438 g/mol. The number of hydrogen-bond acceptors (Lipinski definition) is 7. The summed E-state index contributed by atoms with van der Waals surface area (Å²) in [6.45, 7) is 0. The molecule has 0 amide bonds. The molecule has 0 spiro atoms. The first-order valence-electron chi connectivity index (χ1n) is 8.48. The first kappa shape index (κ1) is 18.0. The van der Waals surface area contributed by atoms with Crippen molar-refractivity contribution in [3.8, 4) is 11.1 Å². The van der Waals surface area contributed by atoms with E-state index in [1.54, 1.807) is 28.9 Å². The maximum absolute atomic E-state index is 11.5. The molecular weight excluding hydrogens is 426 g/mol. The van der Waals surface area contributed by atoms with Crippen molar-refractivity contribution in [2.45, 2.75) is 9.10 Å². The van der Waals surface area contributed by atoms with E-state index in [0.717, 1.165) is 25.6 Å². The van der Waals surface area contributed by atoms with Crippen molar-refractivity contribution in [2.24, 2.45) is 0 Å². The summed E-state index contributed by atoms with van der Waals surface area (Å²) in [5.74, 6) is 0. The molecule has 0 atom stereocenters. The van der Waals surface area contributed by atoms with Crippen LogP contribution in [0.5, 0.6) is 0 Å². The fraction of sp³-hybridized carbons (Fsp3) is 0. The third-order valence-corrected chi connectivity index (χ3v) is 7.04. The van der Waals surface area contributed by atoms with Gasteiger partial charge >= 0.3 is 0 Å². The summed E-state index contributed by atoms with van der Waals surface area (Å²) in [6.07, 6.45) is 1.65. The lowest BCUT2D eigenvalue weighted by Crippen LogP contribution is -1.90. The number of nitrogens with zero attached hydrogens (tertiary/aromatic N) is 4. The molecule has 142 valence electrons. The Morgan fingerprint density at radius 1 is 1.14 bits per heavy atom. The lowest BCUT2D eigenvalue weighted by Gasteiger charge is -2.06. The number of fused-ring (bicyclic) bond motifs is 3. The number of nitro benzene ring substituents is 1. The van der Waals surface area contributed by atoms with E-state index in [1.165, 1.54) is 29.2 Å². The first-order chi connectivity index (χ1) is 14.1. The number of nitrogens with one attached hydrogen (secondary N) is 1. The molecule has 7 nitrogen and oxygen atoms in total. The molecule has 0 aliphatic heterocycles. The number of benzene rings is 2. The van der Waals surface area contributed by atoms with Crippen LogP contribution in [0.1, 0.15) is 0 Å². The molecule has 0 bridgehead atoms. The third kappa shape index (κ3) is 3.01. The fourth-order valence-electron chi connectivity index (χ4n) is 3.13. The molecule has 2 aromatic carbocycles. The highest BCUT2D eigenvalue weighted by Crippen LogP contribution is 2.48. The summed E-state index contributed by atoms with van der Waals surface area (Å²) in [7, 11) is 0. The largest absolute Gasteiger partial charge is 0.283 e. The van der Waals surface area contributed by atoms with E-state index < -0.39 is 0 Å². The number of nitro groups is 1. The Bertz CT molecular complexity index is 1440. The van der Waals surface area contributed by atoms with E-state index in [4.69, 9.17) is 12.2 Å². The predicted octanol–water partition coefficient (Wildman–Crippen LogP) is 5.73. The average Bonchev–Trinajstić information content (AvgIpc) is 3.29. The second-order valence-electron chi connectivity index (χ2n) is 6.10. The van der Waals surface area contributed by atoms with Gasteiger partial charge in [-0.3, -0.25) is 19.6 Å². The quantitative estimate of drug-likeness (QED) is 0.219. The SMILES string of the molecule is O=[N+]([O-])c1ccccc1Sc1sc2ncn3c(=S)[nH]nc3c2c1-c1ccccc1. The van der Waals surface area contributed by atoms with Gasteiger partial charge in [0.25, 0.3) is 5.69 Å². The number of aromatic nitrogens is 4. The second-order valence-corrected chi connectivity index (χ2v) is 8.80. The van der Waals surface area contributed by atoms with Crippen molar-refractivity contribution < 1.29 is 4.92 Å². The summed E-state index contributed by atoms with van der Waals surface area (Å²) < 4.78 is 3.11. The smallest absolute Gasteiger partial charge is 0.258 e. The number of thiophene rings is 1. The highest BCUT2D eigenvalue weighted by Gasteiger charge is 2.22. The van der Waals surface area contributed by atoms with Crippen LogP contribution in [0.4, 0.5) is 5.69 Å². The summed E-state index contributed by atoms with van der Waals surface area (Å²) in [5, 5.41) is 19.6. The van der Waals surface area contributed by atoms with Crippen molar-refractivity contribution in [2.75, 3.05) is 0 Å². The number of rotatable bonds is 4. The predicted molar refractivity (Wildman–Crippen MR) is 116 cm³/mol. The molecule has 3 heterocycles. The third-order valence-electron chi connectivity index (χ3n) is 4.40. The van der Waals surface area contributed by atoms with Crippen LogP contribution < -0.4 is 0 Å². The minimum Gasteiger partial charge on any atom is -0.258 e. The molecule has 29 heavy (non-hydrogen) atoms. The monoisotopic (exact) mass is 437 g/mol. The molecule has 5 aromatic rings. The maximum Gasteiger partial charge on any atom is 0.283 e. The Morgan fingerprint density at radius 3 is 2.69 bits per heavy atom. The van der Waals surface area contributed by atoms with Gasteiger partial charge in [-0.05, 0) is 23.8 Å². The molecule has 0 fully saturated rings. The number of H-pyrrole nitrogens is 1. The highest BCUT2D eigenvalue weighted by atomic mass is 32.2. The Balaban J connectivity index is 1.81. The lowest BCUT2D eigenvalue weighted by molar-refractivity contribution is -0.387. The van der Waals surface area contributed by atoms with E-state index in [-0.39, 0.29) is 10.6 Å². The molecule has 0 aliphatic rings. The van der Waals surface area contributed by atoms with Gasteiger partial charge in [0.15, 0.2) is 5.65 Å². The van der Waals surface area contributed by atoms with E-state index in [1.807, 2.05) is 30.3 Å². The zero-order chi connectivity index (χ0) is 20.0. The van der Waals surface area contributed by atoms with Crippen LogP contribution in [0.25, 0.3) is 27.0 Å². The van der Waals surface area contributed by atoms with E-state index in [2.05, 4.69) is 15.2 Å². The first-order valence-corrected chi connectivity index (χ1v) is 10.5. The Morgan fingerprint density at radius 2 is 1.90 bits per heavy atom. The Hall–Kier alpha value is -3.08. The summed E-state index contributed by atoms with van der Waals surface area (Å²) in [6, 6.07) is 16.6. The minimum absolute atomic E-state index is 0.0778. The van der Waals surface area contributed by atoms with Crippen LogP contribution >= 0.6 is 35.3 Å². The van der Waals surface area contributed by atoms with Gasteiger partial charge < -0.3 is 0 Å². The van der Waals surface area contributed by atoms with E-state index >= 15 is 0 Å². The van der Waals surface area contributed by atoms with Gasteiger partial charge in [0.05, 0.1) is 19.4 Å². The van der Waals surface area contributed by atoms with Crippen LogP contribution in [-0.4, -0.2) is 24.5 Å². The standard InChI is InChI=1S/C19H11N5O2S3/c25-24(26)12-8-4-5-9-13(12)28-18-14(11-6-2-1-3-7-11)15-16-21-22-19(27)23(16)10-20-17(15)29-18/h1-10H,(H,22,27). The fourth-order valence-corrected chi connectivity index (χ4v) is 5.79. The Kier molecular flexibility index (Phi) is 4.38. The van der Waals surface area contributed by atoms with Crippen molar-refractivity contribution in [3.05, 3.63) is 75.8 Å². The van der Waals surface area contributed by atoms with Gasteiger partial charge in [0, 0.05) is 11.6 Å². The van der Waals surface area contributed by atoms with Gasteiger partial charge in [-0.1, -0.05) is 54.2 Å². The zero-order valence-electron chi connectivity index (χ0n) is 14.6. The lowest BCUT2D eigenvalue weighted by atomic mass is 10.1. The molecule has 0 unspecified atom stereocenters. The van der Waals surface area contributed by atoms with Gasteiger partial charge in [-0.2, -0.15) is 5.10 Å². The number of aromatic amines is 1. The molecule has 0 saturated heterocycles. The van der Waals surface area contributed by atoms with Crippen molar-refractivity contribution in [3.63, 3.8) is 0 Å². The van der Waals surface area contributed by atoms with Gasteiger partial charge in [0.2, 0.25) is 4.77 Å². The zero-order valence-corrected chi connectivity index (χ0v) is 17.1. The second kappa shape index (κ2) is 7.07. The van der Waals surface area contributed by atoms with Crippen molar-refractivity contribution in [1.29, 1.82) is 0 Å². The summed E-state index contributed by atoms with van der Waals surface area (Å²) >= 11 is 8.15. The molecule has 0 saturated carbocycles. The molecular formula is C19H11N5O2S3. The van der Waals surface area contributed by atoms with Crippen molar-refractivity contribution in [1.82, 2.24) is 19.6 Å². The Labute approximate surface area is 177 Å². The molecule has 1 N–H and O–H groups in total. The minimum atomic E-state index is -0.360. The highest BCUT2D eigenvalue weighted by molar-refractivity contribution is 8.01. The molecule has 10 heteroatoms. The van der Waals surface area contributed by atoms with E-state index in [9.17, 15) is 10.1 Å². The summed E-state index contributed by atoms with van der Waals surface area (Å²) in [5.41, 5.74) is 2.70.